The molecule has 8 aliphatic rings. The van der Waals surface area contributed by atoms with E-state index in [0.29, 0.717) is 103 Å². The Morgan fingerprint density at radius 2 is 0.858 bits per heavy atom. The largest absolute Gasteiger partial charge is 0.322 e. The lowest BCUT2D eigenvalue weighted by molar-refractivity contribution is 0.101. The predicted molar refractivity (Wildman–Crippen MR) is 419 cm³/mol. The zero-order chi connectivity index (χ0) is 70.5. The van der Waals surface area contributed by atoms with E-state index in [4.69, 9.17) is 5.10 Å². The molecule has 0 spiro atoms. The van der Waals surface area contributed by atoms with Crippen molar-refractivity contribution >= 4 is 83.0 Å². The van der Waals surface area contributed by atoms with Crippen LogP contribution in [-0.2, 0) is 0 Å². The predicted octanol–water partition coefficient (Wildman–Crippen LogP) is 17.0. The van der Waals surface area contributed by atoms with Gasteiger partial charge in [-0.05, 0) is 198 Å². The first kappa shape index (κ1) is 70.9. The molecule has 3 amide bonds. The number of halogens is 1. The van der Waals surface area contributed by atoms with E-state index in [1.807, 2.05) is 155 Å². The van der Waals surface area contributed by atoms with E-state index < -0.39 is 0 Å². The Kier molecular flexibility index (Phi) is 20.3. The molecule has 21 nitrogen and oxygen atoms in total. The van der Waals surface area contributed by atoms with E-state index in [9.17, 15) is 28.8 Å². The Balaban J connectivity index is 0.000000119. The van der Waals surface area contributed by atoms with Crippen LogP contribution in [0.5, 0.6) is 0 Å². The van der Waals surface area contributed by atoms with Crippen LogP contribution in [0.1, 0.15) is 167 Å². The van der Waals surface area contributed by atoms with Crippen LogP contribution in [0.3, 0.4) is 0 Å². The van der Waals surface area contributed by atoms with Gasteiger partial charge in [-0.2, -0.15) is 30.6 Å². The number of alkyl halides is 1. The molecule has 22 heteroatoms. The number of benzene rings is 6. The highest BCUT2D eigenvalue weighted by molar-refractivity contribution is 9.09. The van der Waals surface area contributed by atoms with Crippen LogP contribution in [0, 0.1) is 47.3 Å². The molecule has 0 radical (unpaired) electrons. The molecular formula is C84H88BrN15O6. The van der Waals surface area contributed by atoms with Crippen molar-refractivity contribution in [2.45, 2.75) is 141 Å². The third kappa shape index (κ3) is 14.5. The number of nitrogens with zero attached hydrogens (tertiary/aromatic N) is 9. The fraction of sp³-hybridized carbons (Fsp3) is 0.357. The molecule has 8 fully saturated rings. The number of fused-ring (bicyclic) bond motifs is 9. The summed E-state index contributed by atoms with van der Waals surface area (Å²) in [5, 5.41) is 47.1. The summed E-state index contributed by atoms with van der Waals surface area (Å²) in [6, 6.07) is 46.1. The second-order valence-electron chi connectivity index (χ2n) is 29.7. The van der Waals surface area contributed by atoms with Gasteiger partial charge in [0.15, 0.2) is 0 Å². The summed E-state index contributed by atoms with van der Waals surface area (Å²) in [7, 11) is 0. The van der Waals surface area contributed by atoms with Crippen molar-refractivity contribution in [3.8, 4) is 33.8 Å². The molecule has 20 rings (SSSR count). The van der Waals surface area contributed by atoms with E-state index in [2.05, 4.69) is 72.7 Å². The minimum absolute atomic E-state index is 0. The number of carbonyl (C=O) groups excluding carboxylic acids is 3. The number of aromatic amines is 3. The number of amides is 3. The molecule has 3 atom stereocenters. The first-order valence-corrected chi connectivity index (χ1v) is 37.7. The highest BCUT2D eigenvalue weighted by Gasteiger charge is 2.46. The molecule has 6 heterocycles. The number of hydrogen-bond donors (Lipinski definition) is 6. The van der Waals surface area contributed by atoms with E-state index in [1.54, 1.807) is 35.4 Å². The summed E-state index contributed by atoms with van der Waals surface area (Å²) >= 11 is 3.73. The first-order valence-electron chi connectivity index (χ1n) is 36.8. The Hall–Kier alpha value is -10.7. The Bertz CT molecular complexity index is 5320. The van der Waals surface area contributed by atoms with Crippen LogP contribution in [0.25, 0.3) is 66.1 Å². The average Bonchev–Trinajstić information content (AvgIpc) is 0.802. The smallest absolute Gasteiger partial charge is 0.274 e. The topological polar surface area (TPSA) is 278 Å². The maximum atomic E-state index is 13.4. The number of nitrogens with one attached hydrogen (secondary N) is 6. The van der Waals surface area contributed by atoms with E-state index in [1.165, 1.54) is 109 Å². The van der Waals surface area contributed by atoms with Crippen molar-refractivity contribution in [3.05, 3.63) is 231 Å². The highest BCUT2D eigenvalue weighted by Crippen LogP contribution is 2.54. The van der Waals surface area contributed by atoms with Gasteiger partial charge in [0.2, 0.25) is 0 Å². The van der Waals surface area contributed by atoms with Gasteiger partial charge in [-0.15, -0.1) is 0 Å². The summed E-state index contributed by atoms with van der Waals surface area (Å²) in [6.07, 6.45) is 31.1. The molecule has 12 aromatic rings. The van der Waals surface area contributed by atoms with Gasteiger partial charge >= 0.3 is 0 Å². The lowest BCUT2D eigenvalue weighted by Crippen LogP contribution is -2.30. The second kappa shape index (κ2) is 30.4. The van der Waals surface area contributed by atoms with E-state index in [0.717, 1.165) is 61.1 Å². The molecule has 3 unspecified atom stereocenters. The summed E-state index contributed by atoms with van der Waals surface area (Å²) in [4.78, 5) is 76.1. The van der Waals surface area contributed by atoms with Crippen LogP contribution >= 0.6 is 15.9 Å². The number of anilines is 3. The quantitative estimate of drug-likeness (QED) is 0.0555. The van der Waals surface area contributed by atoms with Crippen molar-refractivity contribution in [3.63, 3.8) is 0 Å². The van der Waals surface area contributed by atoms with Crippen LogP contribution < -0.4 is 32.6 Å². The first-order chi connectivity index (χ1) is 50.9. The van der Waals surface area contributed by atoms with Gasteiger partial charge in [0, 0.05) is 73.3 Å². The minimum Gasteiger partial charge on any atom is -0.322 e. The molecule has 6 N–H and O–H groups in total. The van der Waals surface area contributed by atoms with Crippen molar-refractivity contribution in [1.29, 1.82) is 0 Å². The summed E-state index contributed by atoms with van der Waals surface area (Å²) < 4.78 is 5.79. The fourth-order valence-corrected chi connectivity index (χ4v) is 18.7. The van der Waals surface area contributed by atoms with Gasteiger partial charge in [0.1, 0.15) is 0 Å². The normalized spacial score (nSPS) is 22.0. The van der Waals surface area contributed by atoms with E-state index in [-0.39, 0.29) is 55.3 Å². The van der Waals surface area contributed by atoms with Crippen LogP contribution in [0.15, 0.2) is 197 Å². The third-order valence-electron chi connectivity index (χ3n) is 23.3. The number of aromatic nitrogens is 12. The molecule has 6 bridgehead atoms. The van der Waals surface area contributed by atoms with Gasteiger partial charge in [-0.3, -0.25) is 43.2 Å². The van der Waals surface area contributed by atoms with Gasteiger partial charge in [-0.25, -0.2) is 14.9 Å². The molecule has 6 aromatic heterocycles. The van der Waals surface area contributed by atoms with Gasteiger partial charge in [0.25, 0.3) is 34.4 Å². The number of H-pyrrole nitrogens is 3. The monoisotopic (exact) mass is 1480 g/mol. The zero-order valence-electron chi connectivity index (χ0n) is 57.4. The molecule has 0 saturated heterocycles. The van der Waals surface area contributed by atoms with Crippen LogP contribution in [0.2, 0.25) is 0 Å². The lowest BCUT2D eigenvalue weighted by Gasteiger charge is -2.21. The number of carbonyl (C=O) groups is 3. The third-order valence-corrected chi connectivity index (χ3v) is 24.8. The molecule has 8 aliphatic carbocycles. The lowest BCUT2D eigenvalue weighted by atomic mass is 9.95. The molecular weight excluding hydrogens is 1390 g/mol. The molecule has 6 aromatic carbocycles. The van der Waals surface area contributed by atoms with Gasteiger partial charge < -0.3 is 16.0 Å². The standard InChI is InChI=1S/3C25H23N5O2.C7H11Br.2CH4/c31-24(18-13-26-30(14-18)22-12-15-5-6-17(22)11-15)27-19-9-7-16(8-10-19)23-20-3-1-2-4-21(20)25(32)29-28-23;31-24(18-13-26-30(14-18)23-16-5-6-17(23)8-7-16)27-19-11-9-15(10-12-19)22-20-3-1-2-4-21(20)25(32)29-28-22;31-24(18-13-26-27-14-18)28-19-11-9-15(10-12-19)22-20-3-1-2-4-21(20)25(32)30(29-22)23(16-5-6-16)17-7-8-17;8-7-5-1-2-6(7)4-3-5;;/h1-4,7-10,13-15,17,22H,5-6,11-12H2,(H,27,31)(H,29,32);1-4,9-14,16-17,23H,5-8H2,(H,27,31)(H,29,32);1-4,9-14,16-17,23H,5-8H2,(H,26,27)(H,28,31);5-7H,1-4H2;2*1H4. The molecule has 0 aliphatic heterocycles. The van der Waals surface area contributed by atoms with Crippen molar-refractivity contribution in [1.82, 2.24) is 59.9 Å². The summed E-state index contributed by atoms with van der Waals surface area (Å²) in [5.74, 6) is 5.66. The maximum Gasteiger partial charge on any atom is 0.274 e. The van der Waals surface area contributed by atoms with Gasteiger partial charge in [0.05, 0.1) is 86.6 Å². The summed E-state index contributed by atoms with van der Waals surface area (Å²) in [6.45, 7) is 0. The van der Waals surface area contributed by atoms with Crippen molar-refractivity contribution in [2.75, 3.05) is 16.0 Å². The number of rotatable bonds is 14. The SMILES string of the molecule is BrC1C2CCC1CC2.C.C.O=C(Nc1ccc(-c2n[nH]c(=O)c3ccccc23)cc1)c1cnn(C2C3CCC2CC3)c1.O=C(Nc1ccc(-c2n[nH]c(=O)c3ccccc23)cc1)c1cnn(C2CC3CCC2C3)c1.O=C(Nc1ccc(-c2nn(C(C3CC3)C3CC3)c(=O)c3ccccc23)cc1)c1cn[nH]c1. The van der Waals surface area contributed by atoms with Crippen molar-refractivity contribution in [2.24, 2.45) is 47.3 Å². The Morgan fingerprint density at radius 1 is 0.443 bits per heavy atom. The molecule has 542 valence electrons. The Labute approximate surface area is 621 Å². The molecule has 106 heavy (non-hydrogen) atoms. The van der Waals surface area contributed by atoms with E-state index >= 15 is 0 Å². The summed E-state index contributed by atoms with van der Waals surface area (Å²) in [5.41, 5.74) is 8.14. The molecule has 8 saturated carbocycles. The minimum atomic E-state index is -0.222. The Morgan fingerprint density at radius 3 is 1.28 bits per heavy atom. The zero-order valence-corrected chi connectivity index (χ0v) is 59.0. The van der Waals surface area contributed by atoms with Crippen LogP contribution in [0.4, 0.5) is 17.1 Å². The van der Waals surface area contributed by atoms with Gasteiger partial charge in [-0.1, -0.05) is 128 Å². The second-order valence-corrected chi connectivity index (χ2v) is 30.8. The maximum absolute atomic E-state index is 13.4. The fourth-order valence-electron chi connectivity index (χ4n) is 17.7. The average molecular weight is 1480 g/mol. The van der Waals surface area contributed by atoms with Crippen LogP contribution in [-0.4, -0.2) is 82.5 Å². The van der Waals surface area contributed by atoms with Crippen molar-refractivity contribution < 1.29 is 14.4 Å². The number of hydrogen-bond acceptors (Lipinski definition) is 12. The highest BCUT2D eigenvalue weighted by atomic mass is 79.9.